The van der Waals surface area contributed by atoms with Crippen LogP contribution in [0.4, 0.5) is 0 Å². The summed E-state index contributed by atoms with van der Waals surface area (Å²) in [6, 6.07) is 6.76. The highest BCUT2D eigenvalue weighted by atomic mass is 16.5. The van der Waals surface area contributed by atoms with Crippen LogP contribution in [-0.4, -0.2) is 22.6 Å². The van der Waals surface area contributed by atoms with Crippen LogP contribution in [0.1, 0.15) is 10.4 Å². The molecule has 5 heteroatoms. The summed E-state index contributed by atoms with van der Waals surface area (Å²) in [5, 5.41) is 0. The van der Waals surface area contributed by atoms with Crippen molar-refractivity contribution in [3.63, 3.8) is 0 Å². The number of aromatic nitrogens is 2. The second-order valence-electron chi connectivity index (χ2n) is 3.77. The van der Waals surface area contributed by atoms with Gasteiger partial charge in [0.2, 0.25) is 0 Å². The highest BCUT2D eigenvalue weighted by Gasteiger charge is 2.12. The van der Waals surface area contributed by atoms with E-state index in [2.05, 4.69) is 9.72 Å². The van der Waals surface area contributed by atoms with Crippen molar-refractivity contribution in [2.24, 2.45) is 7.05 Å². The Morgan fingerprint density at radius 2 is 2.17 bits per heavy atom. The molecule has 0 bridgehead atoms. The van der Waals surface area contributed by atoms with Gasteiger partial charge in [-0.2, -0.15) is 0 Å². The second kappa shape index (κ2) is 4.83. The minimum atomic E-state index is -0.484. The zero-order valence-electron chi connectivity index (χ0n) is 10.1. The highest BCUT2D eigenvalue weighted by molar-refractivity contribution is 5.90. The van der Waals surface area contributed by atoms with Gasteiger partial charge in [0.25, 0.3) is 5.56 Å². The Morgan fingerprint density at radius 3 is 2.78 bits per heavy atom. The van der Waals surface area contributed by atoms with E-state index in [-0.39, 0.29) is 5.56 Å². The molecular weight excluding hydrogens is 232 g/mol. The molecule has 18 heavy (non-hydrogen) atoms. The van der Waals surface area contributed by atoms with E-state index in [4.69, 9.17) is 0 Å². The van der Waals surface area contributed by atoms with Crippen LogP contribution in [-0.2, 0) is 11.8 Å². The van der Waals surface area contributed by atoms with Gasteiger partial charge >= 0.3 is 5.97 Å². The summed E-state index contributed by atoms with van der Waals surface area (Å²) < 4.78 is 5.99. The monoisotopic (exact) mass is 244 g/mol. The molecule has 0 aliphatic carbocycles. The van der Waals surface area contributed by atoms with Gasteiger partial charge in [-0.1, -0.05) is 6.07 Å². The standard InChI is InChI=1S/C13H12N2O3/c1-15-8-9(13(17)18-2)7-10(12(15)16)11-5-3-4-6-14-11/h3-8H,1-2H3. The fourth-order valence-corrected chi connectivity index (χ4v) is 1.65. The third kappa shape index (κ3) is 2.15. The Morgan fingerprint density at radius 1 is 1.39 bits per heavy atom. The molecule has 2 aromatic heterocycles. The molecule has 0 spiro atoms. The fourth-order valence-electron chi connectivity index (χ4n) is 1.65. The zero-order valence-corrected chi connectivity index (χ0v) is 10.1. The molecule has 0 fully saturated rings. The van der Waals surface area contributed by atoms with Crippen LogP contribution in [0, 0.1) is 0 Å². The number of esters is 1. The molecule has 0 amide bonds. The Bertz CT molecular complexity index is 632. The molecule has 0 aliphatic rings. The van der Waals surface area contributed by atoms with Crippen molar-refractivity contribution < 1.29 is 9.53 Å². The van der Waals surface area contributed by atoms with Crippen molar-refractivity contribution in [2.75, 3.05) is 7.11 Å². The van der Waals surface area contributed by atoms with Gasteiger partial charge in [-0.25, -0.2) is 4.79 Å². The van der Waals surface area contributed by atoms with E-state index in [0.717, 1.165) is 0 Å². The molecule has 2 rings (SSSR count). The molecule has 0 unspecified atom stereocenters. The van der Waals surface area contributed by atoms with E-state index in [1.807, 2.05) is 0 Å². The minimum Gasteiger partial charge on any atom is -0.465 e. The van der Waals surface area contributed by atoms with Gasteiger partial charge in [0.1, 0.15) is 0 Å². The number of hydrogen-bond donors (Lipinski definition) is 0. The van der Waals surface area contributed by atoms with Crippen molar-refractivity contribution in [3.05, 3.63) is 52.6 Å². The lowest BCUT2D eigenvalue weighted by molar-refractivity contribution is 0.0600. The van der Waals surface area contributed by atoms with E-state index in [9.17, 15) is 9.59 Å². The number of carbonyl (C=O) groups is 1. The first-order valence-corrected chi connectivity index (χ1v) is 5.34. The van der Waals surface area contributed by atoms with Crippen LogP contribution in [0.25, 0.3) is 11.3 Å². The number of carbonyl (C=O) groups excluding carboxylic acids is 1. The van der Waals surface area contributed by atoms with Crippen LogP contribution in [0.5, 0.6) is 0 Å². The average Bonchev–Trinajstić information content (AvgIpc) is 2.41. The number of ether oxygens (including phenoxy) is 1. The maximum atomic E-state index is 12.0. The number of pyridine rings is 2. The summed E-state index contributed by atoms with van der Waals surface area (Å²) in [6.45, 7) is 0. The van der Waals surface area contributed by atoms with Gasteiger partial charge in [0.05, 0.1) is 23.9 Å². The van der Waals surface area contributed by atoms with E-state index < -0.39 is 5.97 Å². The van der Waals surface area contributed by atoms with Gasteiger partial charge in [-0.3, -0.25) is 9.78 Å². The molecule has 0 N–H and O–H groups in total. The van der Waals surface area contributed by atoms with Crippen molar-refractivity contribution in [2.45, 2.75) is 0 Å². The lowest BCUT2D eigenvalue weighted by Crippen LogP contribution is -2.20. The summed E-state index contributed by atoms with van der Waals surface area (Å²) in [5.74, 6) is -0.484. The van der Waals surface area contributed by atoms with Crippen LogP contribution >= 0.6 is 0 Å². The predicted octanol–water partition coefficient (Wildman–Crippen LogP) is 1.23. The summed E-state index contributed by atoms with van der Waals surface area (Å²) in [4.78, 5) is 27.6. The molecule has 0 aliphatic heterocycles. The fraction of sp³-hybridized carbons (Fsp3) is 0.154. The third-order valence-electron chi connectivity index (χ3n) is 2.55. The smallest absolute Gasteiger partial charge is 0.339 e. The minimum absolute atomic E-state index is 0.207. The van der Waals surface area contributed by atoms with Crippen molar-refractivity contribution >= 4 is 5.97 Å². The lowest BCUT2D eigenvalue weighted by atomic mass is 10.1. The molecule has 2 aromatic rings. The maximum Gasteiger partial charge on any atom is 0.339 e. The topological polar surface area (TPSA) is 61.2 Å². The molecule has 0 atom stereocenters. The van der Waals surface area contributed by atoms with Crippen molar-refractivity contribution in [1.29, 1.82) is 0 Å². The summed E-state index contributed by atoms with van der Waals surface area (Å²) >= 11 is 0. The molecular formula is C13H12N2O3. The highest BCUT2D eigenvalue weighted by Crippen LogP contribution is 2.13. The Hall–Kier alpha value is -2.43. The normalized spacial score (nSPS) is 10.1. The molecule has 5 nitrogen and oxygen atoms in total. The maximum absolute atomic E-state index is 12.0. The van der Waals surface area contributed by atoms with E-state index in [1.54, 1.807) is 31.4 Å². The quantitative estimate of drug-likeness (QED) is 0.745. The number of nitrogens with zero attached hydrogens (tertiary/aromatic N) is 2. The van der Waals surface area contributed by atoms with Gasteiger partial charge in [0, 0.05) is 19.4 Å². The number of methoxy groups -OCH3 is 1. The molecule has 92 valence electrons. The Labute approximate surface area is 104 Å². The van der Waals surface area contributed by atoms with Crippen LogP contribution in [0.3, 0.4) is 0 Å². The van der Waals surface area contributed by atoms with Gasteiger partial charge in [-0.05, 0) is 18.2 Å². The van der Waals surface area contributed by atoms with Crippen LogP contribution < -0.4 is 5.56 Å². The first-order chi connectivity index (χ1) is 8.63. The largest absolute Gasteiger partial charge is 0.465 e. The number of rotatable bonds is 2. The van der Waals surface area contributed by atoms with Crippen LogP contribution in [0.2, 0.25) is 0 Å². The van der Waals surface area contributed by atoms with Crippen molar-refractivity contribution in [1.82, 2.24) is 9.55 Å². The SMILES string of the molecule is COC(=O)c1cc(-c2ccccn2)c(=O)n(C)c1. The predicted molar refractivity (Wildman–Crippen MR) is 66.3 cm³/mol. The number of hydrogen-bond acceptors (Lipinski definition) is 4. The molecule has 0 saturated carbocycles. The van der Waals surface area contributed by atoms with Gasteiger partial charge < -0.3 is 9.30 Å². The van der Waals surface area contributed by atoms with Gasteiger partial charge in [0.15, 0.2) is 0 Å². The lowest BCUT2D eigenvalue weighted by Gasteiger charge is -2.06. The first-order valence-electron chi connectivity index (χ1n) is 5.34. The molecule has 2 heterocycles. The van der Waals surface area contributed by atoms with E-state index in [1.165, 1.54) is 23.9 Å². The molecule has 0 saturated heterocycles. The zero-order chi connectivity index (χ0) is 13.1. The summed E-state index contributed by atoms with van der Waals surface area (Å²) in [7, 11) is 2.88. The molecule has 0 aromatic carbocycles. The first kappa shape index (κ1) is 12.0. The van der Waals surface area contributed by atoms with E-state index in [0.29, 0.717) is 16.8 Å². The third-order valence-corrected chi connectivity index (χ3v) is 2.55. The average molecular weight is 244 g/mol. The second-order valence-corrected chi connectivity index (χ2v) is 3.77. The van der Waals surface area contributed by atoms with Crippen LogP contribution in [0.15, 0.2) is 41.5 Å². The Balaban J connectivity index is 2.64. The summed E-state index contributed by atoms with van der Waals surface area (Å²) in [5.41, 5.74) is 1.02. The Kier molecular flexibility index (Phi) is 3.23. The van der Waals surface area contributed by atoms with Crippen molar-refractivity contribution in [3.8, 4) is 11.3 Å². The number of aryl methyl sites for hydroxylation is 1. The molecule has 0 radical (unpaired) electrons. The summed E-state index contributed by atoms with van der Waals surface area (Å²) in [6.07, 6.45) is 3.04. The van der Waals surface area contributed by atoms with E-state index >= 15 is 0 Å². The van der Waals surface area contributed by atoms with Gasteiger partial charge in [-0.15, -0.1) is 0 Å².